The maximum absolute atomic E-state index is 11.4. The molecule has 1 aliphatic rings. The van der Waals surface area contributed by atoms with Gasteiger partial charge in [0.25, 0.3) is 0 Å². The standard InChI is InChI=1S/C14H27NO4/c1-14(2,3)19-13(17)15-8-9-18-12-6-4-11(10-16)5-7-12/h11-12,16H,4-10H2,1-3H3,(H,15,17). The third-order valence-electron chi connectivity index (χ3n) is 3.18. The Bertz CT molecular complexity index is 267. The number of aliphatic hydroxyl groups is 1. The molecule has 0 radical (unpaired) electrons. The molecule has 0 unspecified atom stereocenters. The molecule has 5 heteroatoms. The smallest absolute Gasteiger partial charge is 0.407 e. The summed E-state index contributed by atoms with van der Waals surface area (Å²) >= 11 is 0. The van der Waals surface area contributed by atoms with Crippen molar-refractivity contribution in [1.82, 2.24) is 5.32 Å². The van der Waals surface area contributed by atoms with Gasteiger partial charge in [-0.25, -0.2) is 4.79 Å². The zero-order valence-corrected chi connectivity index (χ0v) is 12.3. The van der Waals surface area contributed by atoms with Crippen molar-refractivity contribution in [3.8, 4) is 0 Å². The normalized spacial score (nSPS) is 24.0. The Morgan fingerprint density at radius 2 is 1.89 bits per heavy atom. The minimum absolute atomic E-state index is 0.267. The molecule has 0 saturated heterocycles. The largest absolute Gasteiger partial charge is 0.444 e. The molecule has 0 aromatic heterocycles. The van der Waals surface area contributed by atoms with Crippen LogP contribution in [0.5, 0.6) is 0 Å². The van der Waals surface area contributed by atoms with E-state index in [0.717, 1.165) is 25.7 Å². The number of carbonyl (C=O) groups is 1. The Balaban J connectivity index is 2.04. The van der Waals surface area contributed by atoms with Gasteiger partial charge in [0.15, 0.2) is 0 Å². The molecule has 1 saturated carbocycles. The van der Waals surface area contributed by atoms with E-state index in [9.17, 15) is 4.79 Å². The highest BCUT2D eigenvalue weighted by Gasteiger charge is 2.21. The molecule has 0 atom stereocenters. The van der Waals surface area contributed by atoms with E-state index in [4.69, 9.17) is 14.6 Å². The summed E-state index contributed by atoms with van der Waals surface area (Å²) in [5.41, 5.74) is -0.465. The van der Waals surface area contributed by atoms with Gasteiger partial charge in [-0.1, -0.05) is 0 Å². The van der Waals surface area contributed by atoms with E-state index in [1.165, 1.54) is 0 Å². The van der Waals surface area contributed by atoms with E-state index >= 15 is 0 Å². The van der Waals surface area contributed by atoms with Gasteiger partial charge in [-0.05, 0) is 52.4 Å². The van der Waals surface area contributed by atoms with E-state index in [1.807, 2.05) is 20.8 Å². The molecule has 1 rings (SSSR count). The van der Waals surface area contributed by atoms with Crippen LogP contribution in [0.4, 0.5) is 4.79 Å². The Hall–Kier alpha value is -0.810. The van der Waals surface area contributed by atoms with Crippen LogP contribution in [0, 0.1) is 5.92 Å². The summed E-state index contributed by atoms with van der Waals surface area (Å²) in [6.07, 6.45) is 3.92. The van der Waals surface area contributed by atoms with Crippen LogP contribution in [-0.2, 0) is 9.47 Å². The lowest BCUT2D eigenvalue weighted by Crippen LogP contribution is -2.35. The number of carbonyl (C=O) groups excluding carboxylic acids is 1. The summed E-state index contributed by atoms with van der Waals surface area (Å²) in [5.74, 6) is 0.444. The average molecular weight is 273 g/mol. The number of nitrogens with one attached hydrogen (secondary N) is 1. The van der Waals surface area contributed by atoms with Crippen molar-refractivity contribution in [1.29, 1.82) is 0 Å². The predicted octanol–water partition coefficient (Wildman–Crippen LogP) is 2.08. The fourth-order valence-electron chi connectivity index (χ4n) is 2.17. The van der Waals surface area contributed by atoms with E-state index < -0.39 is 11.7 Å². The summed E-state index contributed by atoms with van der Waals surface area (Å²) in [4.78, 5) is 11.4. The van der Waals surface area contributed by atoms with Gasteiger partial charge in [0, 0.05) is 13.2 Å². The summed E-state index contributed by atoms with van der Waals surface area (Å²) in [7, 11) is 0. The van der Waals surface area contributed by atoms with E-state index in [1.54, 1.807) is 0 Å². The van der Waals surface area contributed by atoms with Gasteiger partial charge < -0.3 is 19.9 Å². The molecular formula is C14H27NO4. The molecule has 0 heterocycles. The van der Waals surface area contributed by atoms with Crippen LogP contribution < -0.4 is 5.32 Å². The summed E-state index contributed by atoms with van der Waals surface area (Å²) < 4.78 is 10.8. The van der Waals surface area contributed by atoms with Gasteiger partial charge in [-0.2, -0.15) is 0 Å². The van der Waals surface area contributed by atoms with Crippen molar-refractivity contribution in [2.75, 3.05) is 19.8 Å². The molecule has 1 aliphatic carbocycles. The summed E-state index contributed by atoms with van der Waals surface area (Å²) in [6, 6.07) is 0. The second kappa shape index (κ2) is 7.70. The molecule has 0 spiro atoms. The van der Waals surface area contributed by atoms with Gasteiger partial charge >= 0.3 is 6.09 Å². The Labute approximate surface area is 115 Å². The second-order valence-corrected chi connectivity index (χ2v) is 6.12. The molecule has 0 bridgehead atoms. The number of amides is 1. The zero-order valence-electron chi connectivity index (χ0n) is 12.3. The topological polar surface area (TPSA) is 67.8 Å². The van der Waals surface area contributed by atoms with E-state index in [0.29, 0.717) is 19.1 Å². The van der Waals surface area contributed by atoms with Crippen molar-refractivity contribution in [2.24, 2.45) is 5.92 Å². The maximum atomic E-state index is 11.4. The highest BCUT2D eigenvalue weighted by atomic mass is 16.6. The number of ether oxygens (including phenoxy) is 2. The van der Waals surface area contributed by atoms with Crippen molar-refractivity contribution in [2.45, 2.75) is 58.2 Å². The molecule has 2 N–H and O–H groups in total. The van der Waals surface area contributed by atoms with E-state index in [-0.39, 0.29) is 12.7 Å². The first-order valence-electron chi connectivity index (χ1n) is 7.10. The SMILES string of the molecule is CC(C)(C)OC(=O)NCCOC1CCC(CO)CC1. The molecule has 1 fully saturated rings. The average Bonchev–Trinajstić information content (AvgIpc) is 2.33. The monoisotopic (exact) mass is 273 g/mol. The van der Waals surface area contributed by atoms with Crippen molar-refractivity contribution < 1.29 is 19.4 Å². The van der Waals surface area contributed by atoms with Gasteiger partial charge in [-0.15, -0.1) is 0 Å². The quantitative estimate of drug-likeness (QED) is 0.753. The number of alkyl carbamates (subject to hydrolysis) is 1. The van der Waals surface area contributed by atoms with Gasteiger partial charge in [0.05, 0.1) is 12.7 Å². The van der Waals surface area contributed by atoms with E-state index in [2.05, 4.69) is 5.32 Å². The number of aliphatic hydroxyl groups excluding tert-OH is 1. The van der Waals surface area contributed by atoms with Gasteiger partial charge in [-0.3, -0.25) is 0 Å². The number of hydrogen-bond acceptors (Lipinski definition) is 4. The lowest BCUT2D eigenvalue weighted by Gasteiger charge is -2.27. The fraction of sp³-hybridized carbons (Fsp3) is 0.929. The van der Waals surface area contributed by atoms with Crippen LogP contribution in [0.15, 0.2) is 0 Å². The molecule has 0 aromatic carbocycles. The molecule has 112 valence electrons. The zero-order chi connectivity index (χ0) is 14.3. The molecule has 0 aliphatic heterocycles. The number of hydrogen-bond donors (Lipinski definition) is 2. The first-order valence-corrected chi connectivity index (χ1v) is 7.10. The Kier molecular flexibility index (Phi) is 6.58. The summed E-state index contributed by atoms with van der Waals surface area (Å²) in [5, 5.41) is 11.7. The molecule has 19 heavy (non-hydrogen) atoms. The fourth-order valence-corrected chi connectivity index (χ4v) is 2.17. The molecule has 0 aromatic rings. The predicted molar refractivity (Wildman–Crippen MR) is 73.0 cm³/mol. The maximum Gasteiger partial charge on any atom is 0.407 e. The van der Waals surface area contributed by atoms with Crippen LogP contribution in [0.25, 0.3) is 0 Å². The summed E-state index contributed by atoms with van der Waals surface area (Å²) in [6.45, 7) is 6.77. The minimum atomic E-state index is -0.465. The highest BCUT2D eigenvalue weighted by molar-refractivity contribution is 5.67. The lowest BCUT2D eigenvalue weighted by atomic mass is 9.88. The van der Waals surface area contributed by atoms with Gasteiger partial charge in [0.1, 0.15) is 5.60 Å². The third kappa shape index (κ3) is 7.38. The van der Waals surface area contributed by atoms with Crippen LogP contribution in [0.3, 0.4) is 0 Å². The van der Waals surface area contributed by atoms with Crippen molar-refractivity contribution >= 4 is 6.09 Å². The van der Waals surface area contributed by atoms with Gasteiger partial charge in [0.2, 0.25) is 0 Å². The van der Waals surface area contributed by atoms with Crippen LogP contribution in [0.2, 0.25) is 0 Å². The molecular weight excluding hydrogens is 246 g/mol. The first kappa shape index (κ1) is 16.2. The number of rotatable bonds is 5. The van der Waals surface area contributed by atoms with Crippen LogP contribution >= 0.6 is 0 Å². The van der Waals surface area contributed by atoms with Crippen molar-refractivity contribution in [3.05, 3.63) is 0 Å². The van der Waals surface area contributed by atoms with Crippen LogP contribution in [-0.4, -0.2) is 42.7 Å². The Morgan fingerprint density at radius 1 is 1.26 bits per heavy atom. The highest BCUT2D eigenvalue weighted by Crippen LogP contribution is 2.25. The third-order valence-corrected chi connectivity index (χ3v) is 3.18. The van der Waals surface area contributed by atoms with Crippen LogP contribution in [0.1, 0.15) is 46.5 Å². The lowest BCUT2D eigenvalue weighted by molar-refractivity contribution is 0.0101. The minimum Gasteiger partial charge on any atom is -0.444 e. The Morgan fingerprint density at radius 3 is 2.42 bits per heavy atom. The molecule has 5 nitrogen and oxygen atoms in total. The van der Waals surface area contributed by atoms with Crippen molar-refractivity contribution in [3.63, 3.8) is 0 Å². The molecule has 1 amide bonds. The first-order chi connectivity index (χ1) is 8.90. The second-order valence-electron chi connectivity index (χ2n) is 6.12.